The van der Waals surface area contributed by atoms with Gasteiger partial charge in [-0.05, 0) is 34.5 Å². The third-order valence-electron chi connectivity index (χ3n) is 4.79. The van der Waals surface area contributed by atoms with Gasteiger partial charge in [0.25, 0.3) is 5.91 Å². The molecule has 0 fully saturated rings. The van der Waals surface area contributed by atoms with E-state index in [9.17, 15) is 4.79 Å². The van der Waals surface area contributed by atoms with Crippen molar-refractivity contribution in [3.05, 3.63) is 84.1 Å². The molecule has 1 aliphatic rings. The lowest BCUT2D eigenvalue weighted by atomic mass is 10.0. The molecule has 0 atom stereocenters. The van der Waals surface area contributed by atoms with Crippen LogP contribution in [0.2, 0.25) is 0 Å². The number of aromatic nitrogens is 2. The Morgan fingerprint density at radius 3 is 2.82 bits per heavy atom. The van der Waals surface area contributed by atoms with E-state index in [0.717, 1.165) is 5.56 Å². The van der Waals surface area contributed by atoms with Crippen LogP contribution in [0.3, 0.4) is 0 Å². The molecular formula is C22H17N3O3. The van der Waals surface area contributed by atoms with Crippen LogP contribution in [-0.4, -0.2) is 22.5 Å². The summed E-state index contributed by atoms with van der Waals surface area (Å²) >= 11 is 0. The summed E-state index contributed by atoms with van der Waals surface area (Å²) in [5, 5.41) is 9.66. The first kappa shape index (κ1) is 16.4. The zero-order valence-electron chi connectivity index (χ0n) is 15.0. The first-order valence-corrected chi connectivity index (χ1v) is 8.97. The Bertz CT molecular complexity index is 1180. The van der Waals surface area contributed by atoms with Crippen LogP contribution >= 0.6 is 0 Å². The fourth-order valence-corrected chi connectivity index (χ4v) is 3.38. The zero-order valence-corrected chi connectivity index (χ0v) is 15.0. The van der Waals surface area contributed by atoms with Gasteiger partial charge in [-0.2, -0.15) is 5.10 Å². The molecule has 1 aliphatic heterocycles. The third kappa shape index (κ3) is 2.95. The topological polar surface area (TPSA) is 65.4 Å². The maximum Gasteiger partial charge on any atom is 0.256 e. The van der Waals surface area contributed by atoms with Gasteiger partial charge in [0.05, 0.1) is 12.7 Å². The average Bonchev–Trinajstić information content (AvgIpc) is 3.37. The van der Waals surface area contributed by atoms with E-state index in [0.29, 0.717) is 29.4 Å². The van der Waals surface area contributed by atoms with Crippen LogP contribution in [-0.2, 0) is 6.54 Å². The molecule has 4 aromatic rings. The Balaban J connectivity index is 1.39. The molecule has 3 aromatic carbocycles. The summed E-state index contributed by atoms with van der Waals surface area (Å²) in [6.45, 7) is 0.739. The Labute approximate surface area is 161 Å². The van der Waals surface area contributed by atoms with Crippen LogP contribution in [0, 0.1) is 0 Å². The van der Waals surface area contributed by atoms with Gasteiger partial charge in [0.1, 0.15) is 5.82 Å². The fraction of sp³-hybridized carbons (Fsp3) is 0.0909. The van der Waals surface area contributed by atoms with Crippen LogP contribution in [0.15, 0.2) is 72.9 Å². The predicted octanol–water partition coefficient (Wildman–Crippen LogP) is 4.07. The normalized spacial score (nSPS) is 12.3. The SMILES string of the molecule is O=C(Nc1ccnn1Cc1cccc2ccccc12)c1ccc2c(c1)OCO2. The number of fused-ring (bicyclic) bond motifs is 2. The molecular weight excluding hydrogens is 354 g/mol. The van der Waals surface area contributed by atoms with E-state index in [1.165, 1.54) is 10.8 Å². The summed E-state index contributed by atoms with van der Waals surface area (Å²) in [7, 11) is 0. The fourth-order valence-electron chi connectivity index (χ4n) is 3.38. The molecule has 1 amide bonds. The minimum Gasteiger partial charge on any atom is -0.454 e. The number of nitrogens with one attached hydrogen (secondary N) is 1. The quantitative estimate of drug-likeness (QED) is 0.587. The molecule has 6 heteroatoms. The molecule has 1 N–H and O–H groups in total. The molecule has 1 aromatic heterocycles. The summed E-state index contributed by atoms with van der Waals surface area (Å²) in [4.78, 5) is 12.7. The number of ether oxygens (including phenoxy) is 2. The van der Waals surface area contributed by atoms with E-state index < -0.39 is 0 Å². The molecule has 28 heavy (non-hydrogen) atoms. The number of amides is 1. The van der Waals surface area contributed by atoms with Crippen LogP contribution in [0.4, 0.5) is 5.82 Å². The Hall–Kier alpha value is -3.80. The van der Waals surface area contributed by atoms with E-state index in [1.807, 2.05) is 18.2 Å². The van der Waals surface area contributed by atoms with Gasteiger partial charge >= 0.3 is 0 Å². The van der Waals surface area contributed by atoms with Crippen molar-refractivity contribution in [2.75, 3.05) is 12.1 Å². The maximum absolute atomic E-state index is 12.7. The van der Waals surface area contributed by atoms with Crippen molar-refractivity contribution in [1.29, 1.82) is 0 Å². The van der Waals surface area contributed by atoms with Crippen LogP contribution in [0.5, 0.6) is 11.5 Å². The molecule has 2 heterocycles. The molecule has 0 unspecified atom stereocenters. The molecule has 5 rings (SSSR count). The average molecular weight is 371 g/mol. The minimum atomic E-state index is -0.224. The van der Waals surface area contributed by atoms with Crippen molar-refractivity contribution in [3.63, 3.8) is 0 Å². The number of carbonyl (C=O) groups excluding carboxylic acids is 1. The summed E-state index contributed by atoms with van der Waals surface area (Å²) in [5.74, 6) is 1.64. The number of carbonyl (C=O) groups is 1. The highest BCUT2D eigenvalue weighted by molar-refractivity contribution is 6.04. The van der Waals surface area contributed by atoms with Gasteiger partial charge in [-0.1, -0.05) is 42.5 Å². The molecule has 138 valence electrons. The number of nitrogens with zero attached hydrogens (tertiary/aromatic N) is 2. The maximum atomic E-state index is 12.7. The van der Waals surface area contributed by atoms with Crippen molar-refractivity contribution in [3.8, 4) is 11.5 Å². The van der Waals surface area contributed by atoms with Gasteiger partial charge in [-0.3, -0.25) is 4.79 Å². The first-order valence-electron chi connectivity index (χ1n) is 8.97. The largest absolute Gasteiger partial charge is 0.454 e. The van der Waals surface area contributed by atoms with Crippen molar-refractivity contribution in [2.45, 2.75) is 6.54 Å². The third-order valence-corrected chi connectivity index (χ3v) is 4.79. The highest BCUT2D eigenvalue weighted by Crippen LogP contribution is 2.32. The van der Waals surface area contributed by atoms with E-state index in [1.54, 1.807) is 35.1 Å². The lowest BCUT2D eigenvalue weighted by Gasteiger charge is -2.11. The molecule has 0 radical (unpaired) electrons. The summed E-state index contributed by atoms with van der Waals surface area (Å²) in [6, 6.07) is 21.4. The lowest BCUT2D eigenvalue weighted by Crippen LogP contribution is -2.16. The van der Waals surface area contributed by atoms with Crippen molar-refractivity contribution in [1.82, 2.24) is 9.78 Å². The second-order valence-corrected chi connectivity index (χ2v) is 6.53. The highest BCUT2D eigenvalue weighted by atomic mass is 16.7. The second kappa shape index (κ2) is 6.74. The van der Waals surface area contributed by atoms with Crippen LogP contribution in [0.1, 0.15) is 15.9 Å². The monoisotopic (exact) mass is 371 g/mol. The van der Waals surface area contributed by atoms with Crippen molar-refractivity contribution >= 4 is 22.5 Å². The lowest BCUT2D eigenvalue weighted by molar-refractivity contribution is 0.102. The minimum absolute atomic E-state index is 0.179. The van der Waals surface area contributed by atoms with Crippen molar-refractivity contribution in [2.24, 2.45) is 0 Å². The van der Waals surface area contributed by atoms with Gasteiger partial charge in [0.2, 0.25) is 6.79 Å². The van der Waals surface area contributed by atoms with Crippen LogP contribution in [0.25, 0.3) is 10.8 Å². The predicted molar refractivity (Wildman–Crippen MR) is 106 cm³/mol. The Kier molecular flexibility index (Phi) is 3.94. The van der Waals surface area contributed by atoms with Gasteiger partial charge in [0, 0.05) is 11.6 Å². The van der Waals surface area contributed by atoms with E-state index in [-0.39, 0.29) is 12.7 Å². The number of rotatable bonds is 4. The molecule has 0 aliphatic carbocycles. The van der Waals surface area contributed by atoms with E-state index >= 15 is 0 Å². The molecule has 6 nitrogen and oxygen atoms in total. The van der Waals surface area contributed by atoms with E-state index in [4.69, 9.17) is 9.47 Å². The summed E-state index contributed by atoms with van der Waals surface area (Å²) in [6.07, 6.45) is 1.68. The summed E-state index contributed by atoms with van der Waals surface area (Å²) in [5.41, 5.74) is 1.64. The smallest absolute Gasteiger partial charge is 0.256 e. The molecule has 0 saturated heterocycles. The summed E-state index contributed by atoms with van der Waals surface area (Å²) < 4.78 is 12.4. The Morgan fingerprint density at radius 1 is 1.00 bits per heavy atom. The van der Waals surface area contributed by atoms with Gasteiger partial charge in [0.15, 0.2) is 11.5 Å². The zero-order chi connectivity index (χ0) is 18.9. The molecule has 0 saturated carbocycles. The molecule has 0 bridgehead atoms. The number of anilines is 1. The second-order valence-electron chi connectivity index (χ2n) is 6.53. The standard InChI is InChI=1S/C22H17N3O3/c26-22(16-8-9-19-20(12-16)28-14-27-19)24-21-10-11-23-25(21)13-17-6-3-5-15-4-1-2-7-18(15)17/h1-12H,13-14H2,(H,24,26). The van der Waals surface area contributed by atoms with Gasteiger partial charge in [-0.25, -0.2) is 4.68 Å². The number of hydrogen-bond donors (Lipinski definition) is 1. The van der Waals surface area contributed by atoms with Crippen molar-refractivity contribution < 1.29 is 14.3 Å². The molecule has 0 spiro atoms. The number of benzene rings is 3. The van der Waals surface area contributed by atoms with E-state index in [2.05, 4.69) is 34.7 Å². The van der Waals surface area contributed by atoms with Gasteiger partial charge in [-0.15, -0.1) is 0 Å². The first-order chi connectivity index (χ1) is 13.8. The Morgan fingerprint density at radius 2 is 1.86 bits per heavy atom. The van der Waals surface area contributed by atoms with Crippen LogP contribution < -0.4 is 14.8 Å². The highest BCUT2D eigenvalue weighted by Gasteiger charge is 2.17. The van der Waals surface area contributed by atoms with Gasteiger partial charge < -0.3 is 14.8 Å². The number of hydrogen-bond acceptors (Lipinski definition) is 4.